The van der Waals surface area contributed by atoms with Crippen molar-refractivity contribution in [2.24, 2.45) is 0 Å². The molecule has 0 fully saturated rings. The van der Waals surface area contributed by atoms with E-state index in [0.29, 0.717) is 0 Å². The summed E-state index contributed by atoms with van der Waals surface area (Å²) in [5.41, 5.74) is 6.29. The van der Waals surface area contributed by atoms with Crippen molar-refractivity contribution in [3.8, 4) is 0 Å². The summed E-state index contributed by atoms with van der Waals surface area (Å²) in [5, 5.41) is 0. The van der Waals surface area contributed by atoms with E-state index in [0.717, 1.165) is 4.47 Å². The minimum atomic E-state index is 1.10. The Morgan fingerprint density at radius 2 is 0.864 bits per heavy atom. The minimum absolute atomic E-state index is 1.10. The van der Waals surface area contributed by atoms with Crippen molar-refractivity contribution in [2.75, 3.05) is 0 Å². The first kappa shape index (κ1) is 15.1. The van der Waals surface area contributed by atoms with Gasteiger partial charge in [-0.25, -0.2) is 0 Å². The van der Waals surface area contributed by atoms with Crippen molar-refractivity contribution >= 4 is 15.9 Å². The van der Waals surface area contributed by atoms with Crippen molar-refractivity contribution in [2.45, 2.75) is 13.8 Å². The zero-order chi connectivity index (χ0) is 15.5. The van der Waals surface area contributed by atoms with Crippen LogP contribution in [0.25, 0.3) is 0 Å². The maximum absolute atomic E-state index is 3.52. The van der Waals surface area contributed by atoms with E-state index < -0.39 is 0 Å². The molecule has 1 radical (unpaired) electrons. The molecule has 22 heavy (non-hydrogen) atoms. The molecule has 109 valence electrons. The summed E-state index contributed by atoms with van der Waals surface area (Å²) in [7, 11) is 0. The highest BCUT2D eigenvalue weighted by Gasteiger charge is 2.17. The molecule has 3 aromatic carbocycles. The van der Waals surface area contributed by atoms with E-state index in [1.165, 1.54) is 33.7 Å². The van der Waals surface area contributed by atoms with Crippen molar-refractivity contribution in [1.29, 1.82) is 0 Å². The lowest BCUT2D eigenvalue weighted by molar-refractivity contribution is 1.21. The van der Waals surface area contributed by atoms with Crippen LogP contribution in [0.4, 0.5) is 0 Å². The van der Waals surface area contributed by atoms with Crippen molar-refractivity contribution in [3.63, 3.8) is 0 Å². The van der Waals surface area contributed by atoms with Gasteiger partial charge in [0.25, 0.3) is 0 Å². The molecule has 0 N–H and O–H groups in total. The van der Waals surface area contributed by atoms with Crippen molar-refractivity contribution < 1.29 is 0 Å². The predicted molar refractivity (Wildman–Crippen MR) is 97.0 cm³/mol. The molecule has 0 atom stereocenters. The molecule has 0 nitrogen and oxygen atoms in total. The lowest BCUT2D eigenvalue weighted by atomic mass is 9.85. The van der Waals surface area contributed by atoms with Gasteiger partial charge in [-0.15, -0.1) is 0 Å². The first-order valence-corrected chi connectivity index (χ1v) is 8.20. The van der Waals surface area contributed by atoms with Crippen LogP contribution in [0.3, 0.4) is 0 Å². The number of aryl methyl sites for hydroxylation is 2. The van der Waals surface area contributed by atoms with Crippen LogP contribution >= 0.6 is 15.9 Å². The Labute approximate surface area is 141 Å². The molecule has 1 heteroatoms. The summed E-state index contributed by atoms with van der Waals surface area (Å²) in [5.74, 6) is 1.27. The Morgan fingerprint density at radius 1 is 0.545 bits per heavy atom. The molecule has 0 saturated carbocycles. The number of halogens is 1. The molecular weight excluding hydrogens is 332 g/mol. The largest absolute Gasteiger partial charge is 0.0629 e. The predicted octanol–water partition coefficient (Wildman–Crippen LogP) is 6.09. The van der Waals surface area contributed by atoms with E-state index >= 15 is 0 Å². The molecule has 0 spiro atoms. The molecule has 0 aliphatic carbocycles. The molecule has 0 unspecified atom stereocenters. The highest BCUT2D eigenvalue weighted by molar-refractivity contribution is 9.10. The monoisotopic (exact) mass is 349 g/mol. The normalized spacial score (nSPS) is 10.9. The average Bonchev–Trinajstić information content (AvgIpc) is 2.53. The third-order valence-corrected chi connectivity index (χ3v) is 4.34. The van der Waals surface area contributed by atoms with Crippen LogP contribution in [0.2, 0.25) is 0 Å². The second-order valence-electron chi connectivity index (χ2n) is 5.61. The quantitative estimate of drug-likeness (QED) is 0.502. The smallest absolute Gasteiger partial charge is 0.0590 e. The molecule has 3 rings (SSSR count). The van der Waals surface area contributed by atoms with Crippen LogP contribution in [0.1, 0.15) is 27.8 Å². The standard InChI is InChI=1S/C21H18Br/c1-15-3-7-17(8-4-15)21(18-9-5-16(2)6-10-18)19-11-13-20(22)14-12-19/h3-14H,1-2H3. The van der Waals surface area contributed by atoms with Crippen LogP contribution in [-0.2, 0) is 0 Å². The summed E-state index contributed by atoms with van der Waals surface area (Å²) in [6.45, 7) is 4.24. The zero-order valence-electron chi connectivity index (χ0n) is 12.8. The van der Waals surface area contributed by atoms with Gasteiger partial charge in [-0.05, 0) is 42.7 Å². The topological polar surface area (TPSA) is 0 Å². The lowest BCUT2D eigenvalue weighted by Gasteiger charge is -2.18. The highest BCUT2D eigenvalue weighted by atomic mass is 79.9. The fourth-order valence-corrected chi connectivity index (χ4v) is 2.82. The zero-order valence-corrected chi connectivity index (χ0v) is 14.4. The number of benzene rings is 3. The van der Waals surface area contributed by atoms with E-state index in [1.54, 1.807) is 0 Å². The van der Waals surface area contributed by atoms with Crippen molar-refractivity contribution in [1.82, 2.24) is 0 Å². The first-order chi connectivity index (χ1) is 10.6. The van der Waals surface area contributed by atoms with Crippen molar-refractivity contribution in [3.05, 3.63) is 111 Å². The second kappa shape index (κ2) is 6.50. The molecule has 0 bridgehead atoms. The van der Waals surface area contributed by atoms with Crippen LogP contribution in [0.5, 0.6) is 0 Å². The maximum atomic E-state index is 3.52. The van der Waals surface area contributed by atoms with Crippen LogP contribution in [-0.4, -0.2) is 0 Å². The van der Waals surface area contributed by atoms with Gasteiger partial charge in [-0.1, -0.05) is 87.7 Å². The van der Waals surface area contributed by atoms with Gasteiger partial charge in [0.15, 0.2) is 0 Å². The third kappa shape index (κ3) is 3.31. The van der Waals surface area contributed by atoms with E-state index in [-0.39, 0.29) is 0 Å². The Hall–Kier alpha value is -1.86. The van der Waals surface area contributed by atoms with Gasteiger partial charge in [-0.3, -0.25) is 0 Å². The second-order valence-corrected chi connectivity index (χ2v) is 6.53. The van der Waals surface area contributed by atoms with Gasteiger partial charge in [0, 0.05) is 4.47 Å². The molecule has 0 aromatic heterocycles. The van der Waals surface area contributed by atoms with E-state index in [2.05, 4.69) is 103 Å². The fraction of sp³-hybridized carbons (Fsp3) is 0.0952. The van der Waals surface area contributed by atoms with Crippen LogP contribution in [0.15, 0.2) is 77.3 Å². The lowest BCUT2D eigenvalue weighted by Crippen LogP contribution is -2.04. The molecule has 0 heterocycles. The summed E-state index contributed by atoms with van der Waals surface area (Å²) in [6.07, 6.45) is 0. The third-order valence-electron chi connectivity index (χ3n) is 3.81. The van der Waals surface area contributed by atoms with Gasteiger partial charge in [0.1, 0.15) is 0 Å². The number of rotatable bonds is 3. The Bertz CT molecular complexity index is 629. The summed E-state index contributed by atoms with van der Waals surface area (Å²) >= 11 is 3.52. The minimum Gasteiger partial charge on any atom is -0.0590 e. The molecule has 0 saturated heterocycles. The van der Waals surface area contributed by atoms with E-state index in [1.807, 2.05) is 0 Å². The summed E-state index contributed by atoms with van der Waals surface area (Å²) in [6, 6.07) is 26.0. The Morgan fingerprint density at radius 3 is 1.23 bits per heavy atom. The highest BCUT2D eigenvalue weighted by Crippen LogP contribution is 2.31. The maximum Gasteiger partial charge on any atom is 0.0629 e. The van der Waals surface area contributed by atoms with Gasteiger partial charge < -0.3 is 0 Å². The average molecular weight is 350 g/mol. The Balaban J connectivity index is 2.10. The number of hydrogen-bond donors (Lipinski definition) is 0. The van der Waals surface area contributed by atoms with Crippen LogP contribution < -0.4 is 0 Å². The van der Waals surface area contributed by atoms with Gasteiger partial charge in [0.05, 0.1) is 5.92 Å². The molecule has 0 aliphatic rings. The van der Waals surface area contributed by atoms with Gasteiger partial charge in [-0.2, -0.15) is 0 Å². The van der Waals surface area contributed by atoms with Crippen LogP contribution in [0, 0.1) is 19.8 Å². The molecule has 3 aromatic rings. The van der Waals surface area contributed by atoms with E-state index in [9.17, 15) is 0 Å². The SMILES string of the molecule is Cc1ccc([C](c2ccc(C)cc2)c2ccc(Br)cc2)cc1. The van der Waals surface area contributed by atoms with Gasteiger partial charge in [0.2, 0.25) is 0 Å². The summed E-state index contributed by atoms with van der Waals surface area (Å²) in [4.78, 5) is 0. The van der Waals surface area contributed by atoms with Gasteiger partial charge >= 0.3 is 0 Å². The number of hydrogen-bond acceptors (Lipinski definition) is 0. The molecule has 0 aliphatic heterocycles. The molecule has 0 amide bonds. The fourth-order valence-electron chi connectivity index (χ4n) is 2.56. The Kier molecular flexibility index (Phi) is 4.44. The first-order valence-electron chi connectivity index (χ1n) is 7.40. The van der Waals surface area contributed by atoms with E-state index in [4.69, 9.17) is 0 Å². The molecular formula is C21H18Br. The summed E-state index contributed by atoms with van der Waals surface area (Å²) < 4.78 is 1.10.